The average Bonchev–Trinajstić information content (AvgIpc) is 2.50. The van der Waals surface area contributed by atoms with Gasteiger partial charge in [0.2, 0.25) is 0 Å². The van der Waals surface area contributed by atoms with E-state index < -0.39 is 0 Å². The second kappa shape index (κ2) is 4.15. The van der Waals surface area contributed by atoms with Crippen LogP contribution in [0.25, 0.3) is 0 Å². The van der Waals surface area contributed by atoms with Crippen LogP contribution in [0.3, 0.4) is 0 Å². The predicted molar refractivity (Wildman–Crippen MR) is 63.3 cm³/mol. The van der Waals surface area contributed by atoms with Crippen molar-refractivity contribution in [2.45, 2.75) is 32.8 Å². The predicted octanol–water partition coefficient (Wildman–Crippen LogP) is 3.70. The van der Waals surface area contributed by atoms with Gasteiger partial charge in [0.05, 0.1) is 12.7 Å². The number of hydrogen-bond acceptors (Lipinski definition) is 1. The van der Waals surface area contributed by atoms with Gasteiger partial charge in [0.15, 0.2) is 0 Å². The molecular weight excluding hydrogens is 208 g/mol. The van der Waals surface area contributed by atoms with Crippen LogP contribution in [0.15, 0.2) is 24.3 Å². The fourth-order valence-corrected chi connectivity index (χ4v) is 2.22. The van der Waals surface area contributed by atoms with Gasteiger partial charge in [-0.1, -0.05) is 37.6 Å². The van der Waals surface area contributed by atoms with E-state index in [0.29, 0.717) is 11.5 Å². The summed E-state index contributed by atoms with van der Waals surface area (Å²) < 4.78 is 5.77. The summed E-state index contributed by atoms with van der Waals surface area (Å²) in [6.07, 6.45) is 2.53. The number of ether oxygens (including phenoxy) is 1. The largest absolute Gasteiger partial charge is 0.377 e. The molecule has 1 aliphatic rings. The van der Waals surface area contributed by atoms with Gasteiger partial charge in [-0.2, -0.15) is 0 Å². The molecule has 1 saturated heterocycles. The molecule has 1 unspecified atom stereocenters. The van der Waals surface area contributed by atoms with Crippen LogP contribution in [0.2, 0.25) is 5.02 Å². The van der Waals surface area contributed by atoms with E-state index in [2.05, 4.69) is 26.0 Å². The Balaban J connectivity index is 1.96. The molecule has 1 aliphatic heterocycles. The molecule has 0 radical (unpaired) electrons. The Hall–Kier alpha value is -0.530. The summed E-state index contributed by atoms with van der Waals surface area (Å²) in [6, 6.07) is 8.04. The summed E-state index contributed by atoms with van der Waals surface area (Å²) in [5.41, 5.74) is 1.65. The molecule has 0 amide bonds. The van der Waals surface area contributed by atoms with E-state index in [1.807, 2.05) is 12.1 Å². The number of halogens is 1. The Kier molecular flexibility index (Phi) is 3.03. The summed E-state index contributed by atoms with van der Waals surface area (Å²) in [7, 11) is 0. The van der Waals surface area contributed by atoms with Gasteiger partial charge in [-0.05, 0) is 36.0 Å². The van der Waals surface area contributed by atoms with E-state index in [-0.39, 0.29) is 0 Å². The highest BCUT2D eigenvalue weighted by atomic mass is 35.5. The average molecular weight is 225 g/mol. The molecule has 1 aromatic rings. The lowest BCUT2D eigenvalue weighted by molar-refractivity contribution is 0.0999. The van der Waals surface area contributed by atoms with E-state index in [1.165, 1.54) is 5.56 Å². The number of rotatable bonds is 2. The maximum absolute atomic E-state index is 5.84. The zero-order chi connectivity index (χ0) is 10.9. The third-order valence-electron chi connectivity index (χ3n) is 2.87. The molecule has 0 spiro atoms. The first-order valence-electron chi connectivity index (χ1n) is 5.41. The minimum atomic E-state index is 0.344. The first-order chi connectivity index (χ1) is 7.05. The Bertz CT molecular complexity index is 329. The monoisotopic (exact) mass is 224 g/mol. The second-order valence-electron chi connectivity index (χ2n) is 5.13. The molecule has 2 heteroatoms. The molecule has 0 aliphatic carbocycles. The number of benzene rings is 1. The van der Waals surface area contributed by atoms with Gasteiger partial charge >= 0.3 is 0 Å². The van der Waals surface area contributed by atoms with Crippen LogP contribution in [0.5, 0.6) is 0 Å². The highest BCUT2D eigenvalue weighted by Crippen LogP contribution is 2.32. The third-order valence-corrected chi connectivity index (χ3v) is 3.12. The molecule has 0 N–H and O–H groups in total. The SMILES string of the molecule is CC1(C)COC(Cc2ccc(Cl)cc2)C1. The Morgan fingerprint density at radius 2 is 2.00 bits per heavy atom. The zero-order valence-corrected chi connectivity index (χ0v) is 10.1. The smallest absolute Gasteiger partial charge is 0.0621 e. The minimum absolute atomic E-state index is 0.344. The molecule has 0 saturated carbocycles. The van der Waals surface area contributed by atoms with Crippen molar-refractivity contribution >= 4 is 11.6 Å². The first kappa shape index (κ1) is 11.0. The van der Waals surface area contributed by atoms with Gasteiger partial charge in [-0.3, -0.25) is 0 Å². The highest BCUT2D eigenvalue weighted by Gasteiger charge is 2.31. The van der Waals surface area contributed by atoms with Crippen LogP contribution in [-0.2, 0) is 11.2 Å². The van der Waals surface area contributed by atoms with Crippen LogP contribution in [-0.4, -0.2) is 12.7 Å². The van der Waals surface area contributed by atoms with Crippen LogP contribution >= 0.6 is 11.6 Å². The molecule has 0 aromatic heterocycles. The lowest BCUT2D eigenvalue weighted by Gasteiger charge is -2.13. The van der Waals surface area contributed by atoms with Crippen LogP contribution in [0.4, 0.5) is 0 Å². The summed E-state index contributed by atoms with van der Waals surface area (Å²) in [5.74, 6) is 0. The standard InChI is InChI=1S/C13H17ClO/c1-13(2)8-12(15-9-13)7-10-3-5-11(14)6-4-10/h3-6,12H,7-9H2,1-2H3. The van der Waals surface area contributed by atoms with Crippen molar-refractivity contribution in [3.05, 3.63) is 34.9 Å². The molecule has 2 rings (SSSR count). The van der Waals surface area contributed by atoms with E-state index in [9.17, 15) is 0 Å². The van der Waals surface area contributed by atoms with Gasteiger partial charge < -0.3 is 4.74 Å². The van der Waals surface area contributed by atoms with Crippen molar-refractivity contribution in [1.29, 1.82) is 0 Å². The Labute approximate surface area is 96.4 Å². The fourth-order valence-electron chi connectivity index (χ4n) is 2.09. The summed E-state index contributed by atoms with van der Waals surface area (Å²) in [6.45, 7) is 5.40. The third kappa shape index (κ3) is 2.96. The summed E-state index contributed by atoms with van der Waals surface area (Å²) in [5, 5.41) is 0.798. The Morgan fingerprint density at radius 1 is 1.33 bits per heavy atom. The molecule has 1 nitrogen and oxygen atoms in total. The first-order valence-corrected chi connectivity index (χ1v) is 5.79. The van der Waals surface area contributed by atoms with Crippen molar-refractivity contribution in [2.24, 2.45) is 5.41 Å². The molecule has 1 heterocycles. The molecular formula is C13H17ClO. The van der Waals surface area contributed by atoms with E-state index in [1.54, 1.807) is 0 Å². The molecule has 1 atom stereocenters. The summed E-state index contributed by atoms with van der Waals surface area (Å²) >= 11 is 5.84. The normalized spacial score (nSPS) is 24.3. The van der Waals surface area contributed by atoms with Gasteiger partial charge in [0.1, 0.15) is 0 Å². The van der Waals surface area contributed by atoms with Gasteiger partial charge in [-0.15, -0.1) is 0 Å². The topological polar surface area (TPSA) is 9.23 Å². The van der Waals surface area contributed by atoms with Crippen LogP contribution in [0, 0.1) is 5.41 Å². The lowest BCUT2D eigenvalue weighted by Crippen LogP contribution is -2.12. The zero-order valence-electron chi connectivity index (χ0n) is 9.29. The molecule has 0 bridgehead atoms. The lowest BCUT2D eigenvalue weighted by atomic mass is 9.89. The summed E-state index contributed by atoms with van der Waals surface area (Å²) in [4.78, 5) is 0. The Morgan fingerprint density at radius 3 is 2.53 bits per heavy atom. The van der Waals surface area contributed by atoms with Crippen LogP contribution in [0.1, 0.15) is 25.8 Å². The fraction of sp³-hybridized carbons (Fsp3) is 0.538. The van der Waals surface area contributed by atoms with Crippen molar-refractivity contribution in [2.75, 3.05) is 6.61 Å². The highest BCUT2D eigenvalue weighted by molar-refractivity contribution is 6.30. The quantitative estimate of drug-likeness (QED) is 0.745. The maximum atomic E-state index is 5.84. The molecule has 15 heavy (non-hydrogen) atoms. The molecule has 1 aromatic carbocycles. The molecule has 1 fully saturated rings. The number of hydrogen-bond donors (Lipinski definition) is 0. The van der Waals surface area contributed by atoms with Gasteiger partial charge in [0, 0.05) is 5.02 Å². The van der Waals surface area contributed by atoms with Crippen LogP contribution < -0.4 is 0 Å². The van der Waals surface area contributed by atoms with Crippen molar-refractivity contribution in [3.63, 3.8) is 0 Å². The van der Waals surface area contributed by atoms with E-state index in [4.69, 9.17) is 16.3 Å². The molecule has 82 valence electrons. The van der Waals surface area contributed by atoms with Gasteiger partial charge in [0.25, 0.3) is 0 Å². The van der Waals surface area contributed by atoms with Crippen molar-refractivity contribution in [1.82, 2.24) is 0 Å². The maximum Gasteiger partial charge on any atom is 0.0621 e. The van der Waals surface area contributed by atoms with Crippen molar-refractivity contribution in [3.8, 4) is 0 Å². The van der Waals surface area contributed by atoms with E-state index >= 15 is 0 Å². The second-order valence-corrected chi connectivity index (χ2v) is 5.57. The van der Waals surface area contributed by atoms with E-state index in [0.717, 1.165) is 24.5 Å². The van der Waals surface area contributed by atoms with Gasteiger partial charge in [-0.25, -0.2) is 0 Å². The van der Waals surface area contributed by atoms with Crippen molar-refractivity contribution < 1.29 is 4.74 Å². The minimum Gasteiger partial charge on any atom is -0.377 e.